The fourth-order valence-electron chi connectivity index (χ4n) is 1.97. The third-order valence-electron chi connectivity index (χ3n) is 3.13. The number of ether oxygens (including phenoxy) is 1. The Balaban J connectivity index is 2.21. The molecule has 3 atom stereocenters. The molecule has 0 N–H and O–H groups in total. The largest absolute Gasteiger partial charge is 0.354 e. The van der Waals surface area contributed by atoms with E-state index in [0.29, 0.717) is 6.04 Å². The van der Waals surface area contributed by atoms with Gasteiger partial charge in [0.15, 0.2) is 0 Å². The molecule has 1 heterocycles. The van der Waals surface area contributed by atoms with Crippen molar-refractivity contribution in [3.63, 3.8) is 0 Å². The average molecular weight is 191 g/mol. The maximum absolute atomic E-state index is 5.90. The Bertz CT molecular complexity index is 298. The number of hydrogen-bond donors (Lipinski definition) is 0. The summed E-state index contributed by atoms with van der Waals surface area (Å²) >= 11 is 0. The smallest absolute Gasteiger partial charge is 0.108 e. The Morgan fingerprint density at radius 2 is 1.79 bits per heavy atom. The molecule has 1 saturated heterocycles. The van der Waals surface area contributed by atoms with Crippen molar-refractivity contribution < 1.29 is 4.74 Å². The molecule has 1 aliphatic rings. The van der Waals surface area contributed by atoms with E-state index in [4.69, 9.17) is 4.74 Å². The molecule has 0 radical (unpaired) electrons. The molecule has 2 nitrogen and oxygen atoms in total. The zero-order chi connectivity index (χ0) is 10.1. The zero-order valence-corrected chi connectivity index (χ0v) is 8.97. The van der Waals surface area contributed by atoms with E-state index in [1.54, 1.807) is 0 Å². The predicted molar refractivity (Wildman–Crippen MR) is 57.0 cm³/mol. The number of hydrogen-bond acceptors (Lipinski definition) is 2. The molecule has 1 aromatic carbocycles. The average Bonchev–Trinajstić information content (AvgIpc) is 2.47. The molecule has 0 spiro atoms. The standard InChI is InChI=1S/C12H17NO/c1-9-12(14-10(2)13(9)3)11-7-5-4-6-8-11/h4-10,12H,1-3H3/t9-,10?,12+/m0/s1. The van der Waals surface area contributed by atoms with Crippen molar-refractivity contribution >= 4 is 0 Å². The van der Waals surface area contributed by atoms with Crippen molar-refractivity contribution in [2.24, 2.45) is 0 Å². The van der Waals surface area contributed by atoms with Crippen LogP contribution in [0.2, 0.25) is 0 Å². The van der Waals surface area contributed by atoms with Crippen LogP contribution in [0.25, 0.3) is 0 Å². The summed E-state index contributed by atoms with van der Waals surface area (Å²) in [5.74, 6) is 0. The Labute approximate surface area is 85.5 Å². The van der Waals surface area contributed by atoms with Gasteiger partial charge in [-0.3, -0.25) is 4.90 Å². The van der Waals surface area contributed by atoms with Crippen LogP contribution in [0.15, 0.2) is 30.3 Å². The van der Waals surface area contributed by atoms with Gasteiger partial charge in [0.25, 0.3) is 0 Å². The van der Waals surface area contributed by atoms with Gasteiger partial charge >= 0.3 is 0 Å². The van der Waals surface area contributed by atoms with Gasteiger partial charge in [0.2, 0.25) is 0 Å². The molecule has 76 valence electrons. The molecular weight excluding hydrogens is 174 g/mol. The summed E-state index contributed by atoms with van der Waals surface area (Å²) in [4.78, 5) is 2.26. The molecule has 14 heavy (non-hydrogen) atoms. The monoisotopic (exact) mass is 191 g/mol. The fraction of sp³-hybridized carbons (Fsp3) is 0.500. The topological polar surface area (TPSA) is 12.5 Å². The highest BCUT2D eigenvalue weighted by molar-refractivity contribution is 5.20. The van der Waals surface area contributed by atoms with Gasteiger partial charge in [-0.25, -0.2) is 0 Å². The third-order valence-corrected chi connectivity index (χ3v) is 3.13. The number of likely N-dealkylation sites (N-methyl/N-ethyl adjacent to an activating group) is 1. The Morgan fingerprint density at radius 1 is 1.14 bits per heavy atom. The lowest BCUT2D eigenvalue weighted by molar-refractivity contribution is 0.0208. The highest BCUT2D eigenvalue weighted by Gasteiger charge is 2.34. The van der Waals surface area contributed by atoms with Crippen LogP contribution in [0.4, 0.5) is 0 Å². The minimum absolute atomic E-state index is 0.218. The van der Waals surface area contributed by atoms with E-state index in [9.17, 15) is 0 Å². The second kappa shape index (κ2) is 3.71. The van der Waals surface area contributed by atoms with Gasteiger partial charge in [-0.05, 0) is 26.5 Å². The number of nitrogens with zero attached hydrogens (tertiary/aromatic N) is 1. The van der Waals surface area contributed by atoms with Crippen LogP contribution in [0.1, 0.15) is 25.5 Å². The lowest BCUT2D eigenvalue weighted by Gasteiger charge is -2.18. The van der Waals surface area contributed by atoms with Crippen molar-refractivity contribution in [3.8, 4) is 0 Å². The molecule has 1 aliphatic heterocycles. The van der Waals surface area contributed by atoms with Crippen molar-refractivity contribution in [2.75, 3.05) is 7.05 Å². The summed E-state index contributed by atoms with van der Waals surface area (Å²) in [5, 5.41) is 0. The van der Waals surface area contributed by atoms with E-state index < -0.39 is 0 Å². The lowest BCUT2D eigenvalue weighted by atomic mass is 10.0. The van der Waals surface area contributed by atoms with Crippen LogP contribution in [0.3, 0.4) is 0 Å². The first-order valence-corrected chi connectivity index (χ1v) is 5.12. The first-order valence-electron chi connectivity index (χ1n) is 5.12. The molecule has 2 heteroatoms. The summed E-state index contributed by atoms with van der Waals surface area (Å²) in [7, 11) is 2.11. The van der Waals surface area contributed by atoms with E-state index in [-0.39, 0.29) is 12.3 Å². The summed E-state index contributed by atoms with van der Waals surface area (Å²) in [6, 6.07) is 10.9. The third kappa shape index (κ3) is 1.56. The van der Waals surface area contributed by atoms with Crippen LogP contribution >= 0.6 is 0 Å². The van der Waals surface area contributed by atoms with Crippen molar-refractivity contribution in [1.29, 1.82) is 0 Å². The van der Waals surface area contributed by atoms with Crippen LogP contribution in [-0.2, 0) is 4.74 Å². The molecule has 1 aromatic rings. The number of benzene rings is 1. The maximum Gasteiger partial charge on any atom is 0.108 e. The molecular formula is C12H17NO. The van der Waals surface area contributed by atoms with Crippen molar-refractivity contribution in [2.45, 2.75) is 32.2 Å². The van der Waals surface area contributed by atoms with Gasteiger partial charge in [-0.2, -0.15) is 0 Å². The van der Waals surface area contributed by atoms with Gasteiger partial charge in [0.05, 0.1) is 6.10 Å². The van der Waals surface area contributed by atoms with Crippen LogP contribution < -0.4 is 0 Å². The molecule has 0 aromatic heterocycles. The second-order valence-electron chi connectivity index (χ2n) is 3.97. The summed E-state index contributed by atoms with van der Waals surface area (Å²) in [6.07, 6.45) is 0.436. The van der Waals surface area contributed by atoms with E-state index in [1.165, 1.54) is 5.56 Å². The first kappa shape index (κ1) is 9.69. The minimum Gasteiger partial charge on any atom is -0.354 e. The molecule has 0 aliphatic carbocycles. The van der Waals surface area contributed by atoms with Crippen molar-refractivity contribution in [3.05, 3.63) is 35.9 Å². The van der Waals surface area contributed by atoms with Crippen LogP contribution in [0, 0.1) is 0 Å². The van der Waals surface area contributed by atoms with E-state index in [2.05, 4.69) is 50.1 Å². The second-order valence-corrected chi connectivity index (χ2v) is 3.97. The van der Waals surface area contributed by atoms with E-state index >= 15 is 0 Å². The van der Waals surface area contributed by atoms with E-state index in [0.717, 1.165) is 0 Å². The maximum atomic E-state index is 5.90. The first-order chi connectivity index (χ1) is 6.70. The minimum atomic E-state index is 0.218. The number of rotatable bonds is 1. The van der Waals surface area contributed by atoms with E-state index in [1.807, 2.05) is 6.07 Å². The lowest BCUT2D eigenvalue weighted by Crippen LogP contribution is -2.29. The SMILES string of the molecule is CC1O[C@@H](c2ccccc2)[C@H](C)N1C. The predicted octanol–water partition coefficient (Wildman–Crippen LogP) is 2.42. The van der Waals surface area contributed by atoms with Crippen LogP contribution in [-0.4, -0.2) is 24.2 Å². The van der Waals surface area contributed by atoms with Crippen molar-refractivity contribution in [1.82, 2.24) is 4.90 Å². The highest BCUT2D eigenvalue weighted by atomic mass is 16.5. The molecule has 1 fully saturated rings. The molecule has 0 amide bonds. The van der Waals surface area contributed by atoms with Gasteiger partial charge in [0, 0.05) is 6.04 Å². The summed E-state index contributed by atoms with van der Waals surface area (Å²) in [5.41, 5.74) is 1.27. The Kier molecular flexibility index (Phi) is 2.57. The Morgan fingerprint density at radius 3 is 2.29 bits per heavy atom. The van der Waals surface area contributed by atoms with Gasteiger partial charge in [0.1, 0.15) is 6.23 Å². The normalized spacial score (nSPS) is 33.5. The van der Waals surface area contributed by atoms with Crippen LogP contribution in [0.5, 0.6) is 0 Å². The molecule has 2 rings (SSSR count). The van der Waals surface area contributed by atoms with Gasteiger partial charge < -0.3 is 4.74 Å². The highest BCUT2D eigenvalue weighted by Crippen LogP contribution is 2.32. The fourth-order valence-corrected chi connectivity index (χ4v) is 1.97. The Hall–Kier alpha value is -0.860. The summed E-state index contributed by atoms with van der Waals surface area (Å²) < 4.78 is 5.90. The quantitative estimate of drug-likeness (QED) is 0.676. The molecule has 1 unspecified atom stereocenters. The molecule has 0 bridgehead atoms. The molecule has 0 saturated carbocycles. The van der Waals surface area contributed by atoms with Gasteiger partial charge in [-0.1, -0.05) is 30.3 Å². The van der Waals surface area contributed by atoms with Gasteiger partial charge in [-0.15, -0.1) is 0 Å². The summed E-state index contributed by atoms with van der Waals surface area (Å²) in [6.45, 7) is 4.31. The zero-order valence-electron chi connectivity index (χ0n) is 8.97.